The number of hydrogen-bond acceptors (Lipinski definition) is 11. The van der Waals surface area contributed by atoms with Crippen molar-refractivity contribution in [3.05, 3.63) is 87.0 Å². The van der Waals surface area contributed by atoms with Crippen LogP contribution in [0.3, 0.4) is 0 Å². The number of aliphatic hydroxyl groups is 1. The number of carboxylic acids is 1. The molecule has 0 spiro atoms. The van der Waals surface area contributed by atoms with Crippen LogP contribution in [0.5, 0.6) is 11.8 Å². The highest BCUT2D eigenvalue weighted by Crippen LogP contribution is 2.43. The average Bonchev–Trinajstić information content (AvgIpc) is 4.00. The minimum Gasteiger partial charge on any atom is -0.481 e. The molecule has 2 fully saturated rings. The Kier molecular flexibility index (Phi) is 10.1. The van der Waals surface area contributed by atoms with E-state index in [1.165, 1.54) is 5.56 Å². The molecule has 284 valence electrons. The van der Waals surface area contributed by atoms with E-state index >= 15 is 0 Å². The molecule has 5 aromatic rings. The Bertz CT molecular complexity index is 2400. The number of pyridine rings is 2. The van der Waals surface area contributed by atoms with Crippen LogP contribution in [0.1, 0.15) is 53.2 Å². The summed E-state index contributed by atoms with van der Waals surface area (Å²) in [5.74, 6) is -0.0731. The fourth-order valence-corrected chi connectivity index (χ4v) is 8.50. The number of methoxy groups -OCH3 is 1. The fraction of sp³-hybridized carbons (Fsp3) is 0.390. The average molecular weight is 764 g/mol. The normalized spacial score (nSPS) is 19.9. The molecule has 0 amide bonds. The van der Waals surface area contributed by atoms with E-state index < -0.39 is 5.97 Å². The number of carboxylic acid groups (broad SMARTS) is 1. The zero-order chi connectivity index (χ0) is 38.4. The monoisotopic (exact) mass is 763 g/mol. The summed E-state index contributed by atoms with van der Waals surface area (Å²) < 4.78 is 20.1. The zero-order valence-electron chi connectivity index (χ0n) is 30.7. The van der Waals surface area contributed by atoms with Crippen molar-refractivity contribution in [3.8, 4) is 40.4 Å². The number of rotatable bonds is 11. The van der Waals surface area contributed by atoms with Gasteiger partial charge in [-0.2, -0.15) is 10.2 Å². The molecule has 3 aliphatic rings. The van der Waals surface area contributed by atoms with E-state index in [9.17, 15) is 20.3 Å². The van der Waals surface area contributed by atoms with Crippen molar-refractivity contribution in [3.63, 3.8) is 0 Å². The Morgan fingerprint density at radius 3 is 2.58 bits per heavy atom. The molecule has 5 heterocycles. The second-order valence-corrected chi connectivity index (χ2v) is 15.0. The second-order valence-electron chi connectivity index (χ2n) is 14.6. The maximum Gasteiger partial charge on any atom is 0.307 e. The van der Waals surface area contributed by atoms with Crippen LogP contribution in [0.25, 0.3) is 33.7 Å². The first-order valence-corrected chi connectivity index (χ1v) is 19.0. The largest absolute Gasteiger partial charge is 0.481 e. The van der Waals surface area contributed by atoms with Crippen molar-refractivity contribution in [1.82, 2.24) is 24.3 Å². The highest BCUT2D eigenvalue weighted by atomic mass is 35.5. The number of likely N-dealkylation sites (tertiary alicyclic amines) is 2. The molecule has 2 aliphatic heterocycles. The lowest BCUT2D eigenvalue weighted by Crippen LogP contribution is -2.30. The van der Waals surface area contributed by atoms with Crippen molar-refractivity contribution in [2.24, 2.45) is 5.92 Å². The molecule has 14 heteroatoms. The molecule has 0 unspecified atom stereocenters. The molecular weight excluding hydrogens is 722 g/mol. The summed E-state index contributed by atoms with van der Waals surface area (Å²) in [5.41, 5.74) is 7.85. The number of aromatic nitrogens is 3. The van der Waals surface area contributed by atoms with Gasteiger partial charge in [0.15, 0.2) is 16.6 Å². The number of oxazole rings is 1. The number of carbonyl (C=O) groups is 1. The third kappa shape index (κ3) is 7.07. The van der Waals surface area contributed by atoms with Gasteiger partial charge in [0, 0.05) is 56.6 Å². The minimum atomic E-state index is -0.785. The number of nitrogens with zero attached hydrogens (tertiary/aromatic N) is 6. The lowest BCUT2D eigenvalue weighted by atomic mass is 9.91. The SMILES string of the molecule is COc1nc(O[C@H]2CCc3c(-c4cccc(-c5nc6c(=N)n(CCN7CC[C@@H](C(=O)O)C7)cc(C#N)c6o5)c4C)cccc32)c(Cl)cc1CN1CC[C@@H](O)C1. The number of aliphatic hydroxyl groups excluding tert-OH is 1. The maximum absolute atomic E-state index is 11.4. The second kappa shape index (κ2) is 15.1. The number of hydrogen-bond donors (Lipinski definition) is 3. The smallest absolute Gasteiger partial charge is 0.307 e. The summed E-state index contributed by atoms with van der Waals surface area (Å²) in [5, 5.41) is 38.7. The van der Waals surface area contributed by atoms with E-state index in [2.05, 4.69) is 39.1 Å². The molecule has 55 heavy (non-hydrogen) atoms. The Morgan fingerprint density at radius 1 is 1.05 bits per heavy atom. The van der Waals surface area contributed by atoms with Crippen LogP contribution in [0.15, 0.2) is 53.1 Å². The van der Waals surface area contributed by atoms with Gasteiger partial charge in [-0.15, -0.1) is 0 Å². The molecule has 2 saturated heterocycles. The van der Waals surface area contributed by atoms with E-state index in [1.807, 2.05) is 31.2 Å². The predicted molar refractivity (Wildman–Crippen MR) is 204 cm³/mol. The molecule has 0 bridgehead atoms. The highest BCUT2D eigenvalue weighted by Gasteiger charge is 2.31. The maximum atomic E-state index is 11.4. The first kappa shape index (κ1) is 36.7. The number of halogens is 1. The quantitative estimate of drug-likeness (QED) is 0.150. The summed E-state index contributed by atoms with van der Waals surface area (Å²) in [6.45, 7) is 6.13. The minimum absolute atomic E-state index is 0.131. The van der Waals surface area contributed by atoms with Gasteiger partial charge >= 0.3 is 5.97 Å². The molecule has 13 nitrogen and oxygen atoms in total. The van der Waals surface area contributed by atoms with Crippen LogP contribution in [-0.4, -0.2) is 86.5 Å². The van der Waals surface area contributed by atoms with Gasteiger partial charge in [-0.3, -0.25) is 15.1 Å². The third-order valence-corrected chi connectivity index (χ3v) is 11.5. The van der Waals surface area contributed by atoms with E-state index in [0.717, 1.165) is 59.2 Å². The molecule has 0 radical (unpaired) electrons. The Balaban J connectivity index is 1.05. The number of ether oxygens (including phenoxy) is 2. The number of fused-ring (bicyclic) bond motifs is 2. The van der Waals surface area contributed by atoms with Crippen molar-refractivity contribution < 1.29 is 28.9 Å². The standard InChI is InChI=1S/C41H42ClN7O6/c1-23-28(5-3-6-29(23)39-45-35-36(55-39)26(18-43)21-49(37(35)44)16-15-47-13-11-24(19-47)41(51)52)30-7-4-8-32-31(30)9-10-34(32)54-40-33(42)17-25(38(46-40)53-2)20-48-14-12-27(50)22-48/h3-8,17,21,24,27,34,44,50H,9-16,19-20,22H2,1-2H3,(H,51,52)/t24-,27-,34+/m1/s1. The first-order chi connectivity index (χ1) is 26.6. The van der Waals surface area contributed by atoms with Crippen LogP contribution in [0, 0.1) is 29.6 Å². The molecule has 3 aromatic heterocycles. The molecule has 8 rings (SSSR count). The summed E-state index contributed by atoms with van der Waals surface area (Å²) >= 11 is 6.75. The van der Waals surface area contributed by atoms with Crippen LogP contribution in [0.4, 0.5) is 0 Å². The van der Waals surface area contributed by atoms with E-state index in [1.54, 1.807) is 17.9 Å². The van der Waals surface area contributed by atoms with Crippen molar-refractivity contribution in [2.45, 2.75) is 57.9 Å². The van der Waals surface area contributed by atoms with Crippen molar-refractivity contribution in [2.75, 3.05) is 39.8 Å². The molecule has 3 atom stereocenters. The summed E-state index contributed by atoms with van der Waals surface area (Å²) in [4.78, 5) is 25.1. The van der Waals surface area contributed by atoms with Gasteiger partial charge in [0.05, 0.1) is 19.1 Å². The van der Waals surface area contributed by atoms with Crippen LogP contribution < -0.4 is 15.0 Å². The van der Waals surface area contributed by atoms with E-state index in [4.69, 9.17) is 35.9 Å². The molecule has 3 N–H and O–H groups in total. The Hall–Kier alpha value is -5.26. The lowest BCUT2D eigenvalue weighted by molar-refractivity contribution is -0.141. The van der Waals surface area contributed by atoms with Crippen molar-refractivity contribution in [1.29, 1.82) is 10.7 Å². The summed E-state index contributed by atoms with van der Waals surface area (Å²) in [6, 6.07) is 16.2. The Labute approximate surface area is 322 Å². The summed E-state index contributed by atoms with van der Waals surface area (Å²) in [7, 11) is 1.58. The van der Waals surface area contributed by atoms with Gasteiger partial charge in [0.2, 0.25) is 17.7 Å². The third-order valence-electron chi connectivity index (χ3n) is 11.2. The van der Waals surface area contributed by atoms with E-state index in [-0.39, 0.29) is 34.8 Å². The van der Waals surface area contributed by atoms with Gasteiger partial charge in [0.25, 0.3) is 0 Å². The number of aliphatic carboxylic acids is 1. The topological polar surface area (TPSA) is 174 Å². The molecular formula is C41H42ClN7O6. The zero-order valence-corrected chi connectivity index (χ0v) is 31.5. The summed E-state index contributed by atoms with van der Waals surface area (Å²) in [6.07, 6.45) is 3.90. The number of nitrogens with one attached hydrogen (secondary N) is 1. The fourth-order valence-electron chi connectivity index (χ4n) is 8.28. The van der Waals surface area contributed by atoms with Gasteiger partial charge in [0.1, 0.15) is 22.8 Å². The van der Waals surface area contributed by atoms with Gasteiger partial charge in [-0.25, -0.2) is 4.98 Å². The number of β-amino-alcohol motifs (C(OH)–C–C–N with tert-alkyl or cyclic N) is 1. The Morgan fingerprint density at radius 2 is 1.84 bits per heavy atom. The lowest BCUT2D eigenvalue weighted by Gasteiger charge is -2.20. The first-order valence-electron chi connectivity index (χ1n) is 18.6. The molecule has 2 aromatic carbocycles. The van der Waals surface area contributed by atoms with Crippen LogP contribution in [0.2, 0.25) is 5.02 Å². The van der Waals surface area contributed by atoms with Crippen LogP contribution >= 0.6 is 11.6 Å². The van der Waals surface area contributed by atoms with E-state index in [0.29, 0.717) is 73.9 Å². The highest BCUT2D eigenvalue weighted by molar-refractivity contribution is 6.31. The molecule has 0 saturated carbocycles. The van der Waals surface area contributed by atoms with Gasteiger partial charge < -0.3 is 33.6 Å². The number of nitriles is 1. The van der Waals surface area contributed by atoms with Crippen LogP contribution in [-0.2, 0) is 24.3 Å². The van der Waals surface area contributed by atoms with Gasteiger partial charge in [-0.05, 0) is 79.1 Å². The number of benzene rings is 2. The molecule has 1 aliphatic carbocycles. The van der Waals surface area contributed by atoms with Gasteiger partial charge in [-0.1, -0.05) is 41.9 Å². The predicted octanol–water partition coefficient (Wildman–Crippen LogP) is 5.72. The van der Waals surface area contributed by atoms with Crippen molar-refractivity contribution >= 4 is 28.7 Å².